The molecule has 0 bridgehead atoms. The van der Waals surface area contributed by atoms with Gasteiger partial charge in [0.05, 0.1) is 6.54 Å². The van der Waals surface area contributed by atoms with Crippen molar-refractivity contribution in [3.8, 4) is 5.82 Å². The number of benzene rings is 2. The van der Waals surface area contributed by atoms with Crippen LogP contribution in [-0.2, 0) is 13.1 Å². The molecule has 4 aromatic rings. The maximum atomic E-state index is 13.5. The van der Waals surface area contributed by atoms with E-state index in [1.165, 1.54) is 16.8 Å². The van der Waals surface area contributed by atoms with E-state index in [9.17, 15) is 18.0 Å². The number of hydrogen-bond acceptors (Lipinski definition) is 3. The van der Waals surface area contributed by atoms with Gasteiger partial charge in [0.15, 0.2) is 11.5 Å². The largest absolute Gasteiger partial charge is 0.346 e. The molecule has 2 heterocycles. The van der Waals surface area contributed by atoms with Crippen LogP contribution in [0.2, 0.25) is 0 Å². The second kappa shape index (κ2) is 8.24. The molecule has 30 heavy (non-hydrogen) atoms. The number of hydrogen-bond donors (Lipinski definition) is 1. The highest BCUT2D eigenvalue weighted by Crippen LogP contribution is 2.16. The Hall–Kier alpha value is -3.88. The fraction of sp³-hybridized carbons (Fsp3) is 0.0952. The SMILES string of the molecule is O=C(NCc1cc(F)cc(F)c1)c1nnn(Cc2cccc(F)c2)c1-n1cccc1. The third-order valence-corrected chi connectivity index (χ3v) is 4.37. The molecule has 0 fully saturated rings. The average molecular weight is 411 g/mol. The highest BCUT2D eigenvalue weighted by atomic mass is 19.1. The minimum atomic E-state index is -0.728. The molecule has 2 aromatic carbocycles. The number of nitrogens with zero attached hydrogens (tertiary/aromatic N) is 4. The maximum Gasteiger partial charge on any atom is 0.276 e. The van der Waals surface area contributed by atoms with Crippen molar-refractivity contribution in [3.63, 3.8) is 0 Å². The highest BCUT2D eigenvalue weighted by molar-refractivity contribution is 5.95. The normalized spacial score (nSPS) is 10.9. The van der Waals surface area contributed by atoms with Gasteiger partial charge in [-0.3, -0.25) is 4.79 Å². The zero-order valence-electron chi connectivity index (χ0n) is 15.6. The molecule has 6 nitrogen and oxygen atoms in total. The molecule has 4 rings (SSSR count). The first kappa shape index (κ1) is 19.4. The molecule has 0 spiro atoms. The molecule has 2 aromatic heterocycles. The Labute approximate surface area is 169 Å². The van der Waals surface area contributed by atoms with Gasteiger partial charge in [0, 0.05) is 25.0 Å². The van der Waals surface area contributed by atoms with Crippen molar-refractivity contribution in [2.24, 2.45) is 0 Å². The highest BCUT2D eigenvalue weighted by Gasteiger charge is 2.21. The van der Waals surface area contributed by atoms with Gasteiger partial charge in [-0.1, -0.05) is 17.3 Å². The summed E-state index contributed by atoms with van der Waals surface area (Å²) in [5, 5.41) is 10.6. The van der Waals surface area contributed by atoms with Crippen LogP contribution >= 0.6 is 0 Å². The molecule has 9 heteroatoms. The molecule has 0 aliphatic carbocycles. The average Bonchev–Trinajstić information content (AvgIpc) is 3.35. The molecule has 0 unspecified atom stereocenters. The molecule has 1 amide bonds. The van der Waals surface area contributed by atoms with Gasteiger partial charge in [-0.15, -0.1) is 5.10 Å². The lowest BCUT2D eigenvalue weighted by Crippen LogP contribution is -2.25. The topological polar surface area (TPSA) is 64.7 Å². The summed E-state index contributed by atoms with van der Waals surface area (Å²) in [6.07, 6.45) is 3.44. The van der Waals surface area contributed by atoms with Crippen molar-refractivity contribution in [2.75, 3.05) is 0 Å². The van der Waals surface area contributed by atoms with Crippen molar-refractivity contribution in [1.29, 1.82) is 0 Å². The van der Waals surface area contributed by atoms with E-state index in [0.717, 1.165) is 18.2 Å². The summed E-state index contributed by atoms with van der Waals surface area (Å²) in [7, 11) is 0. The minimum absolute atomic E-state index is 0.0273. The lowest BCUT2D eigenvalue weighted by atomic mass is 10.2. The second-order valence-corrected chi connectivity index (χ2v) is 6.60. The number of amides is 1. The minimum Gasteiger partial charge on any atom is -0.346 e. The summed E-state index contributed by atoms with van der Waals surface area (Å²) in [6, 6.07) is 12.6. The number of halogens is 3. The molecule has 0 radical (unpaired) electrons. The van der Waals surface area contributed by atoms with Crippen LogP contribution in [0.3, 0.4) is 0 Å². The lowest BCUT2D eigenvalue weighted by Gasteiger charge is -2.10. The summed E-state index contributed by atoms with van der Waals surface area (Å²) in [4.78, 5) is 12.7. The van der Waals surface area contributed by atoms with Crippen molar-refractivity contribution < 1.29 is 18.0 Å². The zero-order chi connectivity index (χ0) is 21.1. The first-order valence-corrected chi connectivity index (χ1v) is 9.04. The van der Waals surface area contributed by atoms with E-state index in [2.05, 4.69) is 15.6 Å². The summed E-state index contributed by atoms with van der Waals surface area (Å²) in [5.74, 6) is -2.02. The van der Waals surface area contributed by atoms with Gasteiger partial charge in [0.25, 0.3) is 5.91 Å². The van der Waals surface area contributed by atoms with Crippen LogP contribution in [-0.4, -0.2) is 25.5 Å². The van der Waals surface area contributed by atoms with E-state index in [1.807, 2.05) is 0 Å². The van der Waals surface area contributed by atoms with Gasteiger partial charge in [-0.2, -0.15) is 0 Å². The van der Waals surface area contributed by atoms with Gasteiger partial charge < -0.3 is 9.88 Å². The lowest BCUT2D eigenvalue weighted by molar-refractivity contribution is 0.0945. The zero-order valence-corrected chi connectivity index (χ0v) is 15.6. The van der Waals surface area contributed by atoms with E-state index >= 15 is 0 Å². The first-order valence-electron chi connectivity index (χ1n) is 9.04. The monoisotopic (exact) mass is 411 g/mol. The number of aromatic nitrogens is 4. The van der Waals surface area contributed by atoms with Gasteiger partial charge in [0.2, 0.25) is 0 Å². The number of carbonyl (C=O) groups excluding carboxylic acids is 1. The van der Waals surface area contributed by atoms with Crippen LogP contribution in [0.15, 0.2) is 67.0 Å². The molecule has 0 atom stereocenters. The first-order chi connectivity index (χ1) is 14.5. The van der Waals surface area contributed by atoms with Crippen molar-refractivity contribution in [2.45, 2.75) is 13.1 Å². The van der Waals surface area contributed by atoms with Gasteiger partial charge in [0.1, 0.15) is 17.5 Å². The molecule has 0 saturated heterocycles. The Morgan fingerprint density at radius 2 is 1.60 bits per heavy atom. The molecule has 0 aliphatic rings. The van der Waals surface area contributed by atoms with E-state index in [1.54, 1.807) is 41.2 Å². The van der Waals surface area contributed by atoms with Gasteiger partial charge in [-0.25, -0.2) is 17.9 Å². The summed E-state index contributed by atoms with van der Waals surface area (Å²) in [5.41, 5.74) is 0.950. The van der Waals surface area contributed by atoms with Gasteiger partial charge >= 0.3 is 0 Å². The van der Waals surface area contributed by atoms with E-state index in [-0.39, 0.29) is 30.2 Å². The Kier molecular flexibility index (Phi) is 5.34. The van der Waals surface area contributed by atoms with Gasteiger partial charge in [-0.05, 0) is 47.5 Å². The Morgan fingerprint density at radius 1 is 0.900 bits per heavy atom. The Bertz CT molecular complexity index is 1170. The van der Waals surface area contributed by atoms with E-state index in [0.29, 0.717) is 11.4 Å². The predicted molar refractivity (Wildman–Crippen MR) is 102 cm³/mol. The van der Waals surface area contributed by atoms with Crippen LogP contribution in [0.25, 0.3) is 5.82 Å². The Morgan fingerprint density at radius 3 is 2.30 bits per heavy atom. The fourth-order valence-corrected chi connectivity index (χ4v) is 3.08. The number of nitrogens with one attached hydrogen (secondary N) is 1. The van der Waals surface area contributed by atoms with Crippen LogP contribution in [0.1, 0.15) is 21.6 Å². The smallest absolute Gasteiger partial charge is 0.276 e. The van der Waals surface area contributed by atoms with Crippen LogP contribution in [0, 0.1) is 17.5 Å². The molecule has 1 N–H and O–H groups in total. The van der Waals surface area contributed by atoms with E-state index in [4.69, 9.17) is 0 Å². The molecule has 0 saturated carbocycles. The molecule has 152 valence electrons. The van der Waals surface area contributed by atoms with Crippen LogP contribution in [0.5, 0.6) is 0 Å². The third-order valence-electron chi connectivity index (χ3n) is 4.37. The molecular weight excluding hydrogens is 395 g/mol. The Balaban J connectivity index is 1.61. The number of carbonyl (C=O) groups is 1. The van der Waals surface area contributed by atoms with Crippen molar-refractivity contribution in [3.05, 3.63) is 101 Å². The second-order valence-electron chi connectivity index (χ2n) is 6.60. The summed E-state index contributed by atoms with van der Waals surface area (Å²) < 4.78 is 43.4. The summed E-state index contributed by atoms with van der Waals surface area (Å²) in [6.45, 7) is 0.107. The van der Waals surface area contributed by atoms with Crippen molar-refractivity contribution >= 4 is 5.91 Å². The molecule has 0 aliphatic heterocycles. The van der Waals surface area contributed by atoms with Crippen LogP contribution < -0.4 is 5.32 Å². The summed E-state index contributed by atoms with van der Waals surface area (Å²) >= 11 is 0. The van der Waals surface area contributed by atoms with E-state index < -0.39 is 17.5 Å². The quantitative estimate of drug-likeness (QED) is 0.529. The molecular formula is C21H16F3N5O. The van der Waals surface area contributed by atoms with Crippen molar-refractivity contribution in [1.82, 2.24) is 24.9 Å². The predicted octanol–water partition coefficient (Wildman–Crippen LogP) is 3.46. The standard InChI is InChI=1S/C21H16F3N5O/c22-16-5-3-4-14(8-16)13-29-21(28-6-1-2-7-28)19(26-27-29)20(30)25-12-15-9-17(23)11-18(24)10-15/h1-11H,12-13H2,(H,25,30). The number of rotatable bonds is 6. The fourth-order valence-electron chi connectivity index (χ4n) is 3.08. The maximum absolute atomic E-state index is 13.5. The van der Waals surface area contributed by atoms with Crippen LogP contribution in [0.4, 0.5) is 13.2 Å². The third kappa shape index (κ3) is 4.24.